The number of hydrogen-bond acceptors (Lipinski definition) is 5. The SMILES string of the molecule is CCOc1csc(-c2cc(NCCc3ccc4ccccc4c3C)ncn2)c1. The largest absolute Gasteiger partial charge is 0.493 e. The van der Waals surface area contributed by atoms with Gasteiger partial charge < -0.3 is 10.1 Å². The van der Waals surface area contributed by atoms with Crippen LogP contribution in [0.2, 0.25) is 0 Å². The van der Waals surface area contributed by atoms with Gasteiger partial charge in [-0.15, -0.1) is 11.3 Å². The third kappa shape index (κ3) is 3.99. The standard InChI is InChI=1S/C23H23N3OS/c1-3-27-19-12-22(28-14-19)21-13-23(26-15-25-21)24-11-10-17-8-9-18-6-4-5-7-20(18)16(17)2/h4-9,12-15H,3,10-11H2,1-2H3,(H,24,25,26). The predicted molar refractivity (Wildman–Crippen MR) is 117 cm³/mol. The van der Waals surface area contributed by atoms with Crippen LogP contribution in [0.3, 0.4) is 0 Å². The van der Waals surface area contributed by atoms with Gasteiger partial charge >= 0.3 is 0 Å². The maximum atomic E-state index is 5.55. The van der Waals surface area contributed by atoms with E-state index in [1.54, 1.807) is 17.7 Å². The van der Waals surface area contributed by atoms with E-state index in [0.717, 1.165) is 35.1 Å². The summed E-state index contributed by atoms with van der Waals surface area (Å²) >= 11 is 1.63. The average Bonchev–Trinajstić information content (AvgIpc) is 3.19. The summed E-state index contributed by atoms with van der Waals surface area (Å²) in [6.45, 7) is 5.68. The molecule has 4 nitrogen and oxygen atoms in total. The van der Waals surface area contributed by atoms with Gasteiger partial charge in [0, 0.05) is 24.1 Å². The number of rotatable bonds is 7. The molecule has 0 bridgehead atoms. The molecule has 142 valence electrons. The minimum atomic E-state index is 0.668. The normalized spacial score (nSPS) is 10.9. The van der Waals surface area contributed by atoms with E-state index in [1.165, 1.54) is 21.9 Å². The zero-order chi connectivity index (χ0) is 19.3. The number of thiophene rings is 1. The lowest BCUT2D eigenvalue weighted by molar-refractivity contribution is 0.342. The van der Waals surface area contributed by atoms with Crippen molar-refractivity contribution in [2.24, 2.45) is 0 Å². The lowest BCUT2D eigenvalue weighted by Crippen LogP contribution is -2.07. The molecule has 4 rings (SSSR count). The van der Waals surface area contributed by atoms with Gasteiger partial charge in [-0.05, 0) is 42.2 Å². The number of anilines is 1. The maximum absolute atomic E-state index is 5.55. The fraction of sp³-hybridized carbons (Fsp3) is 0.217. The molecule has 0 aliphatic heterocycles. The molecule has 2 heterocycles. The monoisotopic (exact) mass is 389 g/mol. The van der Waals surface area contributed by atoms with E-state index >= 15 is 0 Å². The number of aromatic nitrogens is 2. The third-order valence-corrected chi connectivity index (χ3v) is 5.75. The smallest absolute Gasteiger partial charge is 0.130 e. The van der Waals surface area contributed by atoms with Crippen molar-refractivity contribution in [3.05, 3.63) is 71.4 Å². The number of fused-ring (bicyclic) bond motifs is 1. The summed E-state index contributed by atoms with van der Waals surface area (Å²) in [5.41, 5.74) is 3.63. The van der Waals surface area contributed by atoms with Crippen molar-refractivity contribution in [2.75, 3.05) is 18.5 Å². The van der Waals surface area contributed by atoms with Crippen LogP contribution in [0.25, 0.3) is 21.3 Å². The first-order valence-electron chi connectivity index (χ1n) is 9.49. The first-order chi connectivity index (χ1) is 13.7. The Kier molecular flexibility index (Phi) is 5.53. The minimum Gasteiger partial charge on any atom is -0.493 e. The van der Waals surface area contributed by atoms with Crippen LogP contribution in [0, 0.1) is 6.92 Å². The van der Waals surface area contributed by atoms with E-state index in [1.807, 2.05) is 24.4 Å². The van der Waals surface area contributed by atoms with Gasteiger partial charge in [0.1, 0.15) is 17.9 Å². The number of nitrogens with zero attached hydrogens (tertiary/aromatic N) is 2. The van der Waals surface area contributed by atoms with Gasteiger partial charge in [0.15, 0.2) is 0 Å². The van der Waals surface area contributed by atoms with Crippen molar-refractivity contribution < 1.29 is 4.74 Å². The van der Waals surface area contributed by atoms with Crippen LogP contribution in [-0.2, 0) is 6.42 Å². The van der Waals surface area contributed by atoms with Crippen LogP contribution in [0.5, 0.6) is 5.75 Å². The molecule has 4 aromatic rings. The molecule has 0 aliphatic carbocycles. The van der Waals surface area contributed by atoms with E-state index in [9.17, 15) is 0 Å². The zero-order valence-corrected chi connectivity index (χ0v) is 16.9. The Bertz CT molecular complexity index is 1090. The molecule has 28 heavy (non-hydrogen) atoms. The molecule has 0 unspecified atom stereocenters. The van der Waals surface area contributed by atoms with Gasteiger partial charge in [-0.1, -0.05) is 36.4 Å². The summed E-state index contributed by atoms with van der Waals surface area (Å²) in [5, 5.41) is 8.06. The van der Waals surface area contributed by atoms with Crippen molar-refractivity contribution in [2.45, 2.75) is 20.3 Å². The molecule has 0 fully saturated rings. The first-order valence-corrected chi connectivity index (χ1v) is 10.4. The van der Waals surface area contributed by atoms with Crippen molar-refractivity contribution in [3.63, 3.8) is 0 Å². The van der Waals surface area contributed by atoms with Gasteiger partial charge in [0.05, 0.1) is 17.2 Å². The molecular formula is C23H23N3OS. The Hall–Kier alpha value is -2.92. The molecule has 0 amide bonds. The molecule has 1 N–H and O–H groups in total. The summed E-state index contributed by atoms with van der Waals surface area (Å²) in [6.07, 6.45) is 2.56. The highest BCUT2D eigenvalue weighted by Gasteiger charge is 2.07. The summed E-state index contributed by atoms with van der Waals surface area (Å²) in [5.74, 6) is 1.73. The van der Waals surface area contributed by atoms with Crippen molar-refractivity contribution >= 4 is 27.9 Å². The molecule has 0 saturated carbocycles. The van der Waals surface area contributed by atoms with Crippen LogP contribution in [0.1, 0.15) is 18.1 Å². The molecule has 2 aromatic heterocycles. The highest BCUT2D eigenvalue weighted by atomic mass is 32.1. The molecule has 2 aromatic carbocycles. The Balaban J connectivity index is 1.43. The Morgan fingerprint density at radius 1 is 1.07 bits per heavy atom. The number of ether oxygens (including phenoxy) is 1. The second-order valence-corrected chi connectivity index (χ2v) is 7.53. The average molecular weight is 390 g/mol. The van der Waals surface area contributed by atoms with Crippen molar-refractivity contribution in [1.29, 1.82) is 0 Å². The van der Waals surface area contributed by atoms with Gasteiger partial charge in [-0.2, -0.15) is 0 Å². The van der Waals surface area contributed by atoms with Crippen LogP contribution in [0.15, 0.2) is 60.2 Å². The number of aryl methyl sites for hydroxylation is 1. The zero-order valence-electron chi connectivity index (χ0n) is 16.1. The summed E-state index contributed by atoms with van der Waals surface area (Å²) in [6, 6.07) is 17.0. The van der Waals surface area contributed by atoms with E-state index in [0.29, 0.717) is 6.61 Å². The van der Waals surface area contributed by atoms with Crippen LogP contribution < -0.4 is 10.1 Å². The van der Waals surface area contributed by atoms with E-state index < -0.39 is 0 Å². The Labute approximate surface area is 169 Å². The highest BCUT2D eigenvalue weighted by Crippen LogP contribution is 2.30. The second kappa shape index (κ2) is 8.40. The second-order valence-electron chi connectivity index (χ2n) is 6.62. The van der Waals surface area contributed by atoms with Crippen LogP contribution in [0.4, 0.5) is 5.82 Å². The van der Waals surface area contributed by atoms with Gasteiger partial charge in [0.2, 0.25) is 0 Å². The van der Waals surface area contributed by atoms with E-state index in [-0.39, 0.29) is 0 Å². The molecular weight excluding hydrogens is 366 g/mol. The Morgan fingerprint density at radius 2 is 1.96 bits per heavy atom. The van der Waals surface area contributed by atoms with Crippen LogP contribution in [-0.4, -0.2) is 23.1 Å². The molecule has 0 atom stereocenters. The van der Waals surface area contributed by atoms with Gasteiger partial charge in [-0.3, -0.25) is 0 Å². The van der Waals surface area contributed by atoms with Gasteiger partial charge in [-0.25, -0.2) is 9.97 Å². The quantitative estimate of drug-likeness (QED) is 0.439. The number of nitrogens with one attached hydrogen (secondary N) is 1. The van der Waals surface area contributed by atoms with Gasteiger partial charge in [0.25, 0.3) is 0 Å². The topological polar surface area (TPSA) is 47.0 Å². The Morgan fingerprint density at radius 3 is 2.86 bits per heavy atom. The summed E-state index contributed by atoms with van der Waals surface area (Å²) < 4.78 is 5.55. The van der Waals surface area contributed by atoms with E-state index in [2.05, 4.69) is 58.6 Å². The van der Waals surface area contributed by atoms with E-state index in [4.69, 9.17) is 4.74 Å². The molecule has 0 spiro atoms. The third-order valence-electron chi connectivity index (χ3n) is 4.82. The molecule has 5 heteroatoms. The lowest BCUT2D eigenvalue weighted by atomic mass is 9.98. The minimum absolute atomic E-state index is 0.668. The summed E-state index contributed by atoms with van der Waals surface area (Å²) in [4.78, 5) is 9.85. The number of benzene rings is 2. The molecule has 0 aliphatic rings. The molecule has 0 radical (unpaired) electrons. The first kappa shape index (κ1) is 18.4. The summed E-state index contributed by atoms with van der Waals surface area (Å²) in [7, 11) is 0. The fourth-order valence-electron chi connectivity index (χ4n) is 3.35. The maximum Gasteiger partial charge on any atom is 0.130 e. The van der Waals surface area contributed by atoms with Crippen LogP contribution >= 0.6 is 11.3 Å². The highest BCUT2D eigenvalue weighted by molar-refractivity contribution is 7.13. The van der Waals surface area contributed by atoms with Crippen molar-refractivity contribution in [3.8, 4) is 16.3 Å². The molecule has 0 saturated heterocycles. The lowest BCUT2D eigenvalue weighted by Gasteiger charge is -2.11. The predicted octanol–water partition coefficient (Wildman–Crippen LogP) is 5.72. The fourth-order valence-corrected chi connectivity index (χ4v) is 4.15. The number of hydrogen-bond donors (Lipinski definition) is 1. The van der Waals surface area contributed by atoms with Crippen molar-refractivity contribution in [1.82, 2.24) is 9.97 Å².